The zero-order valence-corrected chi connectivity index (χ0v) is 35.3. The highest BCUT2D eigenvalue weighted by Crippen LogP contribution is 2.36. The average Bonchev–Trinajstić information content (AvgIpc) is 3.81. The smallest absolute Gasteiger partial charge is 0.262 e. The van der Waals surface area contributed by atoms with Crippen LogP contribution in [0.5, 0.6) is 0 Å². The molecule has 4 aliphatic rings. The topological polar surface area (TPSA) is 199 Å². The molecule has 4 aromatic carbocycles. The maximum atomic E-state index is 13.7. The van der Waals surface area contributed by atoms with Crippen LogP contribution in [-0.4, -0.2) is 69.8 Å². The van der Waals surface area contributed by atoms with Crippen LogP contribution in [0.2, 0.25) is 0 Å². The molecule has 8 rings (SSSR count). The first-order valence-electron chi connectivity index (χ1n) is 18.9. The van der Waals surface area contributed by atoms with E-state index in [1.165, 1.54) is 56.3 Å². The first-order chi connectivity index (χ1) is 29.2. The molecule has 17 heteroatoms. The van der Waals surface area contributed by atoms with E-state index in [9.17, 15) is 46.8 Å². The van der Waals surface area contributed by atoms with Crippen molar-refractivity contribution in [2.24, 2.45) is 0 Å². The van der Waals surface area contributed by atoms with Crippen molar-refractivity contribution >= 4 is 102 Å². The van der Waals surface area contributed by atoms with E-state index in [1.54, 1.807) is 51.1 Å². The third kappa shape index (κ3) is 7.49. The summed E-state index contributed by atoms with van der Waals surface area (Å²) in [5.74, 6) is -4.10. The van der Waals surface area contributed by atoms with E-state index in [0.717, 1.165) is 48.4 Å². The van der Waals surface area contributed by atoms with Gasteiger partial charge in [0.1, 0.15) is 0 Å². The van der Waals surface area contributed by atoms with Crippen LogP contribution in [0.25, 0.3) is 10.8 Å². The van der Waals surface area contributed by atoms with Crippen molar-refractivity contribution < 1.29 is 46.8 Å². The van der Waals surface area contributed by atoms with Crippen LogP contribution in [0.15, 0.2) is 124 Å². The molecule has 0 aromatic heterocycles. The molecule has 4 aromatic rings. The number of rotatable bonds is 8. The Kier molecular flexibility index (Phi) is 10.7. The zero-order valence-electron chi connectivity index (χ0n) is 34.5. The number of hydrogen-bond donors (Lipinski definition) is 1. The quantitative estimate of drug-likeness (QED) is 0.235. The van der Waals surface area contributed by atoms with Crippen molar-refractivity contribution in [3.8, 4) is 0 Å². The number of nitrogens with zero attached hydrogens (tertiary/aromatic N) is 5. The van der Waals surface area contributed by atoms with Gasteiger partial charge in [0.25, 0.3) is 57.3 Å². The van der Waals surface area contributed by atoms with Crippen molar-refractivity contribution in [1.82, 2.24) is 0 Å². The summed E-state index contributed by atoms with van der Waals surface area (Å²) >= 11 is 0. The molecule has 0 fully saturated rings. The lowest BCUT2D eigenvalue weighted by atomic mass is 10.1. The van der Waals surface area contributed by atoms with Crippen molar-refractivity contribution in [3.05, 3.63) is 125 Å². The van der Waals surface area contributed by atoms with Gasteiger partial charge in [-0.25, -0.2) is 28.0 Å². The van der Waals surface area contributed by atoms with Gasteiger partial charge in [-0.3, -0.25) is 43.1 Å². The summed E-state index contributed by atoms with van der Waals surface area (Å²) in [5, 5.41) is 1.21. The molecular formula is C45H38N6O10S. The van der Waals surface area contributed by atoms with Gasteiger partial charge in [0, 0.05) is 77.2 Å². The summed E-state index contributed by atoms with van der Waals surface area (Å²) in [6, 6.07) is 19.0. The Balaban J connectivity index is 0.000000213. The Labute approximate surface area is 355 Å². The number of hydrogen-bond acceptors (Lipinski definition) is 11. The minimum absolute atomic E-state index is 0.00580. The molecule has 8 amide bonds. The summed E-state index contributed by atoms with van der Waals surface area (Å²) in [7, 11) is -0.495. The highest BCUT2D eigenvalue weighted by atomic mass is 32.2. The number of fused-ring (bicyclic) bond motifs is 1. The van der Waals surface area contributed by atoms with Gasteiger partial charge in [0.2, 0.25) is 0 Å². The highest BCUT2D eigenvalue weighted by Gasteiger charge is 2.36. The SMILES string of the molecule is CC1=CC(=O)N(c2cc(C)cc(N3C(=O)C=C(C)C3=O)c2)C1=O.CC1=CC(=O)N(c2cc(NS(=O)(=O)c3cccc4c(N(C)C)cccc34)cc(N3C(=O)C=C(C)C3=O)c2)C1=O. The Hall–Kier alpha value is -7.79. The Morgan fingerprint density at radius 1 is 0.468 bits per heavy atom. The molecule has 314 valence electrons. The first kappa shape index (κ1) is 42.3. The maximum Gasteiger partial charge on any atom is 0.262 e. The molecule has 0 radical (unpaired) electrons. The number of amides is 8. The molecular weight excluding hydrogens is 817 g/mol. The number of nitrogens with one attached hydrogen (secondary N) is 1. The Morgan fingerprint density at radius 3 is 1.18 bits per heavy atom. The fourth-order valence-corrected chi connectivity index (χ4v) is 8.61. The van der Waals surface area contributed by atoms with Gasteiger partial charge in [-0.15, -0.1) is 0 Å². The Morgan fingerprint density at radius 2 is 0.823 bits per heavy atom. The van der Waals surface area contributed by atoms with Crippen LogP contribution < -0.4 is 29.2 Å². The van der Waals surface area contributed by atoms with Gasteiger partial charge in [0.05, 0.1) is 33.3 Å². The second-order valence-corrected chi connectivity index (χ2v) is 16.8. The lowest BCUT2D eigenvalue weighted by molar-refractivity contribution is -0.122. The molecule has 0 spiro atoms. The molecule has 16 nitrogen and oxygen atoms in total. The van der Waals surface area contributed by atoms with E-state index in [0.29, 0.717) is 27.9 Å². The minimum Gasteiger partial charge on any atom is -0.377 e. The van der Waals surface area contributed by atoms with E-state index in [2.05, 4.69) is 4.72 Å². The van der Waals surface area contributed by atoms with Crippen LogP contribution in [0.1, 0.15) is 33.3 Å². The largest absolute Gasteiger partial charge is 0.377 e. The third-order valence-corrected chi connectivity index (χ3v) is 11.7. The summed E-state index contributed by atoms with van der Waals surface area (Å²) in [4.78, 5) is 105. The number of benzene rings is 4. The summed E-state index contributed by atoms with van der Waals surface area (Å²) in [5.41, 5.74) is 3.31. The molecule has 0 bridgehead atoms. The molecule has 1 N–H and O–H groups in total. The van der Waals surface area contributed by atoms with Gasteiger partial charge in [-0.1, -0.05) is 24.3 Å². The van der Waals surface area contributed by atoms with Crippen molar-refractivity contribution in [2.75, 3.05) is 43.3 Å². The van der Waals surface area contributed by atoms with E-state index < -0.39 is 57.3 Å². The third-order valence-electron chi connectivity index (χ3n) is 10.3. The van der Waals surface area contributed by atoms with Crippen molar-refractivity contribution in [2.45, 2.75) is 39.5 Å². The molecule has 0 saturated heterocycles. The van der Waals surface area contributed by atoms with Crippen LogP contribution in [0.3, 0.4) is 0 Å². The number of sulfonamides is 1. The molecule has 0 atom stereocenters. The van der Waals surface area contributed by atoms with Gasteiger partial charge in [-0.05, 0) is 88.7 Å². The van der Waals surface area contributed by atoms with E-state index >= 15 is 0 Å². The summed E-state index contributed by atoms with van der Waals surface area (Å²) in [6.45, 7) is 7.87. The summed E-state index contributed by atoms with van der Waals surface area (Å²) < 4.78 is 29.9. The van der Waals surface area contributed by atoms with Crippen LogP contribution in [0, 0.1) is 6.92 Å². The minimum atomic E-state index is -4.21. The van der Waals surface area contributed by atoms with E-state index in [4.69, 9.17) is 0 Å². The number of carbonyl (C=O) groups excluding carboxylic acids is 8. The molecule has 0 aliphatic carbocycles. The van der Waals surface area contributed by atoms with Gasteiger partial charge >= 0.3 is 0 Å². The number of imide groups is 4. The summed E-state index contributed by atoms with van der Waals surface area (Å²) in [6.07, 6.45) is 4.86. The van der Waals surface area contributed by atoms with Crippen LogP contribution >= 0.6 is 0 Å². The number of carbonyl (C=O) groups is 8. The fourth-order valence-electron chi connectivity index (χ4n) is 7.34. The highest BCUT2D eigenvalue weighted by molar-refractivity contribution is 7.93. The number of anilines is 6. The molecule has 4 heterocycles. The first-order valence-corrected chi connectivity index (χ1v) is 20.4. The normalized spacial score (nSPS) is 16.6. The van der Waals surface area contributed by atoms with Gasteiger partial charge in [0.15, 0.2) is 0 Å². The Bertz CT molecular complexity index is 2880. The van der Waals surface area contributed by atoms with Crippen LogP contribution in [0.4, 0.5) is 34.1 Å². The van der Waals surface area contributed by atoms with Crippen LogP contribution in [-0.2, 0) is 48.4 Å². The number of aryl methyl sites for hydroxylation is 1. The van der Waals surface area contributed by atoms with Gasteiger partial charge < -0.3 is 4.90 Å². The molecule has 62 heavy (non-hydrogen) atoms. The standard InChI is InChI=1S/C28H24N4O6S.C17H14N2O4/c1-16-11-25(33)31(27(16)35)19-13-18(14-20(15-19)32-26(34)12-17(2)28(32)36)29-39(37,38)24-10-6-7-21-22(24)8-5-9-23(21)30(3)4;1-9-4-12(18-14(20)6-10(2)16(18)22)8-13(5-9)19-15(21)7-11(3)17(19)23/h5-15,29H,1-4H3;4-8H,1-3H3. The second kappa shape index (κ2) is 15.7. The van der Waals surface area contributed by atoms with E-state index in [-0.39, 0.29) is 33.1 Å². The monoisotopic (exact) mass is 854 g/mol. The molecule has 4 aliphatic heterocycles. The molecule has 0 saturated carbocycles. The predicted octanol–water partition coefficient (Wildman–Crippen LogP) is 4.98. The van der Waals surface area contributed by atoms with E-state index in [1.807, 2.05) is 31.1 Å². The zero-order chi connectivity index (χ0) is 45.1. The fraction of sp³-hybridized carbons (Fsp3) is 0.156. The van der Waals surface area contributed by atoms with Crippen molar-refractivity contribution in [1.29, 1.82) is 0 Å². The lowest BCUT2D eigenvalue weighted by Crippen LogP contribution is -2.33. The maximum absolute atomic E-state index is 13.7. The predicted molar refractivity (Wildman–Crippen MR) is 232 cm³/mol. The van der Waals surface area contributed by atoms with Crippen molar-refractivity contribution in [3.63, 3.8) is 0 Å². The second-order valence-electron chi connectivity index (χ2n) is 15.1. The lowest BCUT2D eigenvalue weighted by Gasteiger charge is -2.22. The van der Waals surface area contributed by atoms with Gasteiger partial charge in [-0.2, -0.15) is 0 Å². The molecule has 0 unspecified atom stereocenters. The average molecular weight is 855 g/mol.